The molecule has 5 aromatic rings. The monoisotopic (exact) mass is 499 g/mol. The zero-order valence-corrected chi connectivity index (χ0v) is 20.3. The molecule has 0 fully saturated rings. The van der Waals surface area contributed by atoms with E-state index < -0.39 is 0 Å². The highest BCUT2D eigenvalue weighted by molar-refractivity contribution is 5.80. The molecule has 0 aliphatic rings. The number of nitrogens with one attached hydrogen (secondary N) is 1. The molecule has 0 aliphatic carbocycles. The lowest BCUT2D eigenvalue weighted by molar-refractivity contribution is 0.235. The Hall–Kier alpha value is -4.44. The van der Waals surface area contributed by atoms with Gasteiger partial charge in [0.2, 0.25) is 0 Å². The Morgan fingerprint density at radius 2 is 1.89 bits per heavy atom. The van der Waals surface area contributed by atoms with Crippen molar-refractivity contribution in [3.8, 4) is 5.75 Å². The van der Waals surface area contributed by atoms with Crippen LogP contribution < -0.4 is 10.3 Å². The molecule has 0 bridgehead atoms. The van der Waals surface area contributed by atoms with E-state index in [1.165, 1.54) is 12.1 Å². The van der Waals surface area contributed by atoms with E-state index in [1.807, 2.05) is 43.3 Å². The molecule has 1 N–H and O–H groups in total. The number of pyridine rings is 2. The average Bonchev–Trinajstić information content (AvgIpc) is 3.33. The lowest BCUT2D eigenvalue weighted by Crippen LogP contribution is -2.28. The van der Waals surface area contributed by atoms with Gasteiger partial charge in [-0.1, -0.05) is 18.2 Å². The van der Waals surface area contributed by atoms with Gasteiger partial charge in [0, 0.05) is 41.9 Å². The van der Waals surface area contributed by atoms with Gasteiger partial charge in [0.05, 0.1) is 19.7 Å². The smallest absolute Gasteiger partial charge is 0.252 e. The number of benzene rings is 2. The lowest BCUT2D eigenvalue weighted by atomic mass is 10.1. The third-order valence-corrected chi connectivity index (χ3v) is 5.94. The average molecular weight is 500 g/mol. The third kappa shape index (κ3) is 6.04. The Bertz CT molecular complexity index is 1530. The van der Waals surface area contributed by atoms with Gasteiger partial charge in [-0.05, 0) is 70.9 Å². The van der Waals surface area contributed by atoms with Crippen molar-refractivity contribution in [1.29, 1.82) is 0 Å². The molecule has 37 heavy (non-hydrogen) atoms. The molecule has 0 saturated carbocycles. The molecule has 3 aromatic heterocycles. The van der Waals surface area contributed by atoms with E-state index in [1.54, 1.807) is 29.2 Å². The van der Waals surface area contributed by atoms with Crippen molar-refractivity contribution in [2.45, 2.75) is 33.1 Å². The van der Waals surface area contributed by atoms with Crippen LogP contribution in [0.15, 0.2) is 77.9 Å². The number of rotatable bonds is 10. The van der Waals surface area contributed by atoms with Crippen LogP contribution in [0.5, 0.6) is 5.75 Å². The van der Waals surface area contributed by atoms with Gasteiger partial charge in [0.15, 0.2) is 5.82 Å². The van der Waals surface area contributed by atoms with Crippen LogP contribution >= 0.6 is 0 Å². The van der Waals surface area contributed by atoms with Crippen molar-refractivity contribution in [2.24, 2.45) is 0 Å². The summed E-state index contributed by atoms with van der Waals surface area (Å²) < 4.78 is 20.6. The molecule has 9 nitrogen and oxygen atoms in total. The summed E-state index contributed by atoms with van der Waals surface area (Å²) in [6.07, 6.45) is 3.52. The molecule has 3 heterocycles. The second-order valence-corrected chi connectivity index (χ2v) is 8.69. The minimum absolute atomic E-state index is 0.154. The van der Waals surface area contributed by atoms with Crippen molar-refractivity contribution >= 4 is 10.9 Å². The number of hydrogen-bond acceptors (Lipinski definition) is 7. The Morgan fingerprint density at radius 3 is 2.68 bits per heavy atom. The summed E-state index contributed by atoms with van der Waals surface area (Å²) in [4.78, 5) is 22.3. The summed E-state index contributed by atoms with van der Waals surface area (Å²) in [5, 5.41) is 13.1. The van der Waals surface area contributed by atoms with Gasteiger partial charge in [-0.15, -0.1) is 5.10 Å². The van der Waals surface area contributed by atoms with E-state index in [9.17, 15) is 9.18 Å². The zero-order valence-electron chi connectivity index (χ0n) is 20.3. The maximum absolute atomic E-state index is 13.3. The van der Waals surface area contributed by atoms with E-state index in [4.69, 9.17) is 4.74 Å². The SMILES string of the molecule is CCOc1ccc2[nH]c(=O)c(CN(Cc3cccnc3)Cc3nnnn3Cc3ccc(F)cc3)cc2c1. The zero-order chi connectivity index (χ0) is 25.6. The summed E-state index contributed by atoms with van der Waals surface area (Å²) in [6.45, 7) is 4.19. The van der Waals surface area contributed by atoms with Crippen LogP contribution in [-0.2, 0) is 26.2 Å². The predicted octanol–water partition coefficient (Wildman–Crippen LogP) is 3.70. The normalized spacial score (nSPS) is 11.3. The van der Waals surface area contributed by atoms with Gasteiger partial charge in [-0.2, -0.15) is 0 Å². The maximum Gasteiger partial charge on any atom is 0.252 e. The second-order valence-electron chi connectivity index (χ2n) is 8.69. The molecule has 188 valence electrons. The van der Waals surface area contributed by atoms with Crippen LogP contribution in [-0.4, -0.2) is 41.7 Å². The molecule has 0 saturated heterocycles. The number of ether oxygens (including phenoxy) is 1. The number of nitrogens with zero attached hydrogens (tertiary/aromatic N) is 6. The molecule has 10 heteroatoms. The first-order chi connectivity index (χ1) is 18.1. The molecular formula is C27H26FN7O2. The van der Waals surface area contributed by atoms with E-state index in [0.29, 0.717) is 44.2 Å². The number of halogens is 1. The van der Waals surface area contributed by atoms with Crippen LogP contribution in [0.25, 0.3) is 10.9 Å². The van der Waals surface area contributed by atoms with Gasteiger partial charge in [-0.3, -0.25) is 14.7 Å². The van der Waals surface area contributed by atoms with E-state index in [0.717, 1.165) is 27.8 Å². The predicted molar refractivity (Wildman–Crippen MR) is 136 cm³/mol. The summed E-state index contributed by atoms with van der Waals surface area (Å²) >= 11 is 0. The minimum atomic E-state index is -0.294. The molecule has 0 aliphatic heterocycles. The standard InChI is InChI=1S/C27H26FN7O2/c1-2-37-24-9-10-25-21(13-24)12-22(27(36)30-25)17-34(15-20-4-3-11-29-14-20)18-26-31-32-33-35(26)16-19-5-7-23(28)8-6-19/h3-14H,2,15-18H2,1H3,(H,30,36). The Morgan fingerprint density at radius 1 is 1.03 bits per heavy atom. The fraction of sp³-hybridized carbons (Fsp3) is 0.222. The first-order valence-electron chi connectivity index (χ1n) is 12.0. The molecule has 5 rings (SSSR count). The van der Waals surface area contributed by atoms with Crippen LogP contribution in [0.2, 0.25) is 0 Å². The largest absolute Gasteiger partial charge is 0.494 e. The van der Waals surface area contributed by atoms with Crippen molar-refractivity contribution in [3.63, 3.8) is 0 Å². The summed E-state index contributed by atoms with van der Waals surface area (Å²) in [5.41, 5.74) is 3.08. The highest BCUT2D eigenvalue weighted by Crippen LogP contribution is 2.20. The number of aromatic nitrogens is 6. The third-order valence-electron chi connectivity index (χ3n) is 5.94. The maximum atomic E-state index is 13.3. The van der Waals surface area contributed by atoms with Crippen molar-refractivity contribution in [2.75, 3.05) is 6.61 Å². The quantitative estimate of drug-likeness (QED) is 0.313. The molecule has 0 amide bonds. The van der Waals surface area contributed by atoms with Crippen molar-refractivity contribution < 1.29 is 9.13 Å². The van der Waals surface area contributed by atoms with Crippen molar-refractivity contribution in [3.05, 3.63) is 112 Å². The van der Waals surface area contributed by atoms with Gasteiger partial charge < -0.3 is 9.72 Å². The summed E-state index contributed by atoms with van der Waals surface area (Å²) in [7, 11) is 0. The fourth-order valence-corrected chi connectivity index (χ4v) is 4.18. The number of fused-ring (bicyclic) bond motifs is 1. The highest BCUT2D eigenvalue weighted by Gasteiger charge is 2.16. The van der Waals surface area contributed by atoms with Crippen LogP contribution in [0, 0.1) is 5.82 Å². The van der Waals surface area contributed by atoms with E-state index in [2.05, 4.69) is 30.4 Å². The molecule has 0 spiro atoms. The first-order valence-corrected chi connectivity index (χ1v) is 12.0. The Balaban J connectivity index is 1.43. The molecular weight excluding hydrogens is 473 g/mol. The van der Waals surface area contributed by atoms with Gasteiger partial charge in [0.25, 0.3) is 5.56 Å². The first kappa shape index (κ1) is 24.3. The molecule has 0 radical (unpaired) electrons. The minimum Gasteiger partial charge on any atom is -0.494 e. The van der Waals surface area contributed by atoms with Gasteiger partial charge in [-0.25, -0.2) is 9.07 Å². The topological polar surface area (TPSA) is 102 Å². The second kappa shape index (κ2) is 11.1. The molecule has 2 aromatic carbocycles. The number of aromatic amines is 1. The fourth-order valence-electron chi connectivity index (χ4n) is 4.18. The van der Waals surface area contributed by atoms with Crippen LogP contribution in [0.1, 0.15) is 29.4 Å². The number of hydrogen-bond donors (Lipinski definition) is 1. The van der Waals surface area contributed by atoms with Gasteiger partial charge >= 0.3 is 0 Å². The lowest BCUT2D eigenvalue weighted by Gasteiger charge is -2.22. The molecule has 0 unspecified atom stereocenters. The summed E-state index contributed by atoms with van der Waals surface area (Å²) in [5.74, 6) is 1.08. The number of tetrazole rings is 1. The van der Waals surface area contributed by atoms with Crippen LogP contribution in [0.3, 0.4) is 0 Å². The van der Waals surface area contributed by atoms with Gasteiger partial charge in [0.1, 0.15) is 11.6 Å². The molecule has 0 atom stereocenters. The van der Waals surface area contributed by atoms with E-state index in [-0.39, 0.29) is 11.4 Å². The summed E-state index contributed by atoms with van der Waals surface area (Å²) in [6, 6.07) is 17.6. The Kier molecular flexibility index (Phi) is 7.27. The highest BCUT2D eigenvalue weighted by atomic mass is 19.1. The number of H-pyrrole nitrogens is 1. The van der Waals surface area contributed by atoms with E-state index >= 15 is 0 Å². The Labute approximate surface area is 212 Å². The van der Waals surface area contributed by atoms with Crippen LogP contribution in [0.4, 0.5) is 4.39 Å². The van der Waals surface area contributed by atoms with Crippen molar-refractivity contribution in [1.82, 2.24) is 35.1 Å².